The number of carbonyl (C=O) groups is 3. The van der Waals surface area contributed by atoms with E-state index in [0.29, 0.717) is 29.6 Å². The lowest BCUT2D eigenvalue weighted by Crippen LogP contribution is -2.71. The molecule has 192 valence electrons. The number of hydrogen-bond acceptors (Lipinski definition) is 6. The van der Waals surface area contributed by atoms with Crippen molar-refractivity contribution in [3.63, 3.8) is 0 Å². The van der Waals surface area contributed by atoms with Crippen LogP contribution in [-0.2, 0) is 16.0 Å². The summed E-state index contributed by atoms with van der Waals surface area (Å²) in [6.45, 7) is 1.98. The van der Waals surface area contributed by atoms with E-state index in [1.807, 2.05) is 6.92 Å². The second-order valence-corrected chi connectivity index (χ2v) is 9.78. The van der Waals surface area contributed by atoms with E-state index in [-0.39, 0.29) is 17.9 Å². The summed E-state index contributed by atoms with van der Waals surface area (Å²) in [5.74, 6) is 0.0340. The summed E-state index contributed by atoms with van der Waals surface area (Å²) in [4.78, 5) is 46.8. The number of nitrogens with zero attached hydrogens (tertiary/aromatic N) is 3. The van der Waals surface area contributed by atoms with Crippen LogP contribution in [0.3, 0.4) is 0 Å². The minimum absolute atomic E-state index is 0.0697. The summed E-state index contributed by atoms with van der Waals surface area (Å²) in [6, 6.07) is 9.03. The monoisotopic (exact) mass is 493 g/mol. The van der Waals surface area contributed by atoms with Gasteiger partial charge in [0.05, 0.1) is 13.0 Å². The lowest BCUT2D eigenvalue weighted by atomic mass is 9.81. The molecule has 2 aliphatic rings. The third-order valence-electron chi connectivity index (χ3n) is 7.49. The van der Waals surface area contributed by atoms with Gasteiger partial charge in [-0.15, -0.1) is 0 Å². The summed E-state index contributed by atoms with van der Waals surface area (Å²) >= 11 is 0. The number of rotatable bonds is 7. The minimum atomic E-state index is -0.919. The molecule has 1 aromatic heterocycles. The number of nitrogen functional groups attached to an aromatic ring is 1. The number of urea groups is 1. The predicted molar refractivity (Wildman–Crippen MR) is 137 cm³/mol. The number of anilines is 2. The van der Waals surface area contributed by atoms with Gasteiger partial charge >= 0.3 is 6.03 Å². The Morgan fingerprint density at radius 1 is 1.19 bits per heavy atom. The van der Waals surface area contributed by atoms with Gasteiger partial charge in [-0.25, -0.2) is 9.78 Å². The van der Waals surface area contributed by atoms with E-state index in [2.05, 4.69) is 10.3 Å². The molecular formula is C27H35N5O4. The maximum Gasteiger partial charge on any atom is 0.325 e. The first-order chi connectivity index (χ1) is 17.3. The summed E-state index contributed by atoms with van der Waals surface area (Å²) in [5.41, 5.74) is 7.25. The molecule has 36 heavy (non-hydrogen) atoms. The average Bonchev–Trinajstić information content (AvgIpc) is 2.89. The molecule has 9 nitrogen and oxygen atoms in total. The molecule has 1 saturated carbocycles. The molecule has 1 aliphatic carbocycles. The number of imide groups is 1. The Labute approximate surface area is 212 Å². The third-order valence-corrected chi connectivity index (χ3v) is 7.49. The van der Waals surface area contributed by atoms with E-state index in [0.717, 1.165) is 36.1 Å². The molecule has 1 saturated heterocycles. The third kappa shape index (κ3) is 5.29. The number of β-lactam (4-membered cyclic amide) rings is 1. The van der Waals surface area contributed by atoms with Crippen molar-refractivity contribution >= 4 is 29.4 Å². The molecule has 0 bridgehead atoms. The van der Waals surface area contributed by atoms with Crippen LogP contribution in [0, 0.1) is 11.8 Å². The second-order valence-electron chi connectivity index (χ2n) is 9.78. The molecule has 0 unspecified atom stereocenters. The Morgan fingerprint density at radius 3 is 2.53 bits per heavy atom. The van der Waals surface area contributed by atoms with Crippen molar-refractivity contribution in [1.29, 1.82) is 0 Å². The fourth-order valence-corrected chi connectivity index (χ4v) is 5.28. The molecule has 2 heterocycles. The first-order valence-electron chi connectivity index (χ1n) is 12.6. The zero-order valence-electron chi connectivity index (χ0n) is 21.1. The molecule has 3 N–H and O–H groups in total. The van der Waals surface area contributed by atoms with Gasteiger partial charge in [-0.3, -0.25) is 14.5 Å². The van der Waals surface area contributed by atoms with Gasteiger partial charge in [0.25, 0.3) is 5.91 Å². The van der Waals surface area contributed by atoms with E-state index in [9.17, 15) is 14.4 Å². The Balaban J connectivity index is 1.55. The molecule has 3 atom stereocenters. The molecule has 0 radical (unpaired) electrons. The Morgan fingerprint density at radius 2 is 1.89 bits per heavy atom. The highest BCUT2D eigenvalue weighted by molar-refractivity contribution is 6.12. The van der Waals surface area contributed by atoms with Crippen LogP contribution < -0.4 is 20.7 Å². The number of benzene rings is 1. The first-order valence-corrected chi connectivity index (χ1v) is 12.6. The first kappa shape index (κ1) is 25.5. The van der Waals surface area contributed by atoms with Gasteiger partial charge in [0, 0.05) is 25.0 Å². The normalized spacial score (nSPS) is 20.9. The molecule has 4 rings (SSSR count). The number of nitrogens with two attached hydrogens (primary N) is 1. The number of ether oxygens (including phenoxy) is 1. The summed E-state index contributed by atoms with van der Waals surface area (Å²) in [6.07, 6.45) is 7.51. The number of amides is 4. The van der Waals surface area contributed by atoms with Crippen molar-refractivity contribution in [3.05, 3.63) is 48.2 Å². The van der Waals surface area contributed by atoms with Crippen molar-refractivity contribution in [3.8, 4) is 5.75 Å². The van der Waals surface area contributed by atoms with Crippen molar-refractivity contribution < 1.29 is 19.1 Å². The van der Waals surface area contributed by atoms with Gasteiger partial charge in [0.2, 0.25) is 5.91 Å². The number of methoxy groups -OCH3 is 1. The van der Waals surface area contributed by atoms with Crippen molar-refractivity contribution in [2.75, 3.05) is 24.8 Å². The SMILES string of the molecule is COc1ccc(N(C)C(=O)[C@@H]2[C@@H](Cc3ccnc(N)c3)C(=O)N2C(=O)N[C@H](C)C2CCCCC2)cc1. The molecule has 2 aromatic rings. The van der Waals surface area contributed by atoms with E-state index in [1.165, 1.54) is 11.3 Å². The van der Waals surface area contributed by atoms with Crippen LogP contribution >= 0.6 is 0 Å². The van der Waals surface area contributed by atoms with Crippen LogP contribution in [0.1, 0.15) is 44.6 Å². The Hall–Kier alpha value is -3.62. The smallest absolute Gasteiger partial charge is 0.325 e. The number of likely N-dealkylation sites (tertiary alicyclic amines) is 1. The minimum Gasteiger partial charge on any atom is -0.497 e. The van der Waals surface area contributed by atoms with Crippen LogP contribution in [0.4, 0.5) is 16.3 Å². The highest BCUT2D eigenvalue weighted by atomic mass is 16.5. The highest BCUT2D eigenvalue weighted by Crippen LogP contribution is 2.34. The highest BCUT2D eigenvalue weighted by Gasteiger charge is 2.55. The summed E-state index contributed by atoms with van der Waals surface area (Å²) < 4.78 is 5.21. The summed E-state index contributed by atoms with van der Waals surface area (Å²) in [5, 5.41) is 3.00. The maximum absolute atomic E-state index is 13.7. The molecule has 0 spiro atoms. The number of hydrogen-bond donors (Lipinski definition) is 2. The van der Waals surface area contributed by atoms with Crippen LogP contribution in [0.25, 0.3) is 0 Å². The zero-order valence-corrected chi connectivity index (χ0v) is 21.1. The molecule has 1 aromatic carbocycles. The van der Waals surface area contributed by atoms with Gasteiger partial charge in [0.1, 0.15) is 17.6 Å². The van der Waals surface area contributed by atoms with Crippen LogP contribution in [0.2, 0.25) is 0 Å². The van der Waals surface area contributed by atoms with Gasteiger partial charge in [-0.2, -0.15) is 0 Å². The quantitative estimate of drug-likeness (QED) is 0.571. The molecule has 2 fully saturated rings. The van der Waals surface area contributed by atoms with E-state index in [1.54, 1.807) is 56.8 Å². The van der Waals surface area contributed by atoms with E-state index >= 15 is 0 Å². The lowest BCUT2D eigenvalue weighted by molar-refractivity contribution is -0.156. The standard InChI is InChI=1S/C27H35N5O4/c1-17(19-7-5-4-6-8-19)30-27(35)32-24(22(25(32)33)15-18-13-14-29-23(28)16-18)26(34)31(2)20-9-11-21(36-3)12-10-20/h9-14,16-17,19,22,24H,4-8,15H2,1-3H3,(H2,28,29)(H,30,35)/t17-,22-,24+/m1/s1. The lowest BCUT2D eigenvalue weighted by Gasteiger charge is -2.46. The molecule has 1 aliphatic heterocycles. The maximum atomic E-state index is 13.7. The van der Waals surface area contributed by atoms with Gasteiger partial charge < -0.3 is 20.7 Å². The number of likely N-dealkylation sites (N-methyl/N-ethyl adjacent to an activating group) is 1. The van der Waals surface area contributed by atoms with Crippen molar-refractivity contribution in [2.45, 2.75) is 57.5 Å². The second kappa shape index (κ2) is 11.0. The van der Waals surface area contributed by atoms with Gasteiger partial charge in [0.15, 0.2) is 0 Å². The fourth-order valence-electron chi connectivity index (χ4n) is 5.28. The van der Waals surface area contributed by atoms with Gasteiger partial charge in [-0.05, 0) is 74.1 Å². The van der Waals surface area contributed by atoms with Crippen molar-refractivity contribution in [2.24, 2.45) is 11.8 Å². The average molecular weight is 494 g/mol. The van der Waals surface area contributed by atoms with Crippen LogP contribution in [0.15, 0.2) is 42.6 Å². The number of nitrogens with one attached hydrogen (secondary N) is 1. The largest absolute Gasteiger partial charge is 0.497 e. The Bertz CT molecular complexity index is 1100. The molecule has 9 heteroatoms. The number of aromatic nitrogens is 1. The Kier molecular flexibility index (Phi) is 7.76. The molecule has 4 amide bonds. The molecular weight excluding hydrogens is 458 g/mol. The topological polar surface area (TPSA) is 118 Å². The summed E-state index contributed by atoms with van der Waals surface area (Å²) in [7, 11) is 3.22. The number of pyridine rings is 1. The number of carbonyl (C=O) groups excluding carboxylic acids is 3. The van der Waals surface area contributed by atoms with Crippen LogP contribution in [-0.4, -0.2) is 54.0 Å². The fraction of sp³-hybridized carbons (Fsp3) is 0.481. The predicted octanol–water partition coefficient (Wildman–Crippen LogP) is 3.38. The van der Waals surface area contributed by atoms with Gasteiger partial charge in [-0.1, -0.05) is 19.3 Å². The van der Waals surface area contributed by atoms with Crippen molar-refractivity contribution in [1.82, 2.24) is 15.2 Å². The van der Waals surface area contributed by atoms with E-state index < -0.39 is 18.0 Å². The van der Waals surface area contributed by atoms with E-state index in [4.69, 9.17) is 10.5 Å². The zero-order chi connectivity index (χ0) is 25.8. The van der Waals surface area contributed by atoms with Crippen LogP contribution in [0.5, 0.6) is 5.75 Å².